The summed E-state index contributed by atoms with van der Waals surface area (Å²) < 4.78 is 7.39. The lowest BCUT2D eigenvalue weighted by Crippen LogP contribution is -2.12. The normalized spacial score (nSPS) is 10.9. The number of fused-ring (bicyclic) bond motifs is 1. The minimum absolute atomic E-state index is 0.409. The Morgan fingerprint density at radius 1 is 0.964 bits per heavy atom. The van der Waals surface area contributed by atoms with Crippen molar-refractivity contribution in [2.75, 3.05) is 7.11 Å². The lowest BCUT2D eigenvalue weighted by Gasteiger charge is -2.13. The molecule has 0 unspecified atom stereocenters. The van der Waals surface area contributed by atoms with Crippen molar-refractivity contribution in [1.82, 2.24) is 4.57 Å². The van der Waals surface area contributed by atoms with Crippen LogP contribution in [0.3, 0.4) is 0 Å². The Balaban J connectivity index is 1.82. The van der Waals surface area contributed by atoms with Crippen LogP contribution in [0.5, 0.6) is 5.75 Å². The number of hydrogen-bond donors (Lipinski definition) is 1. The van der Waals surface area contributed by atoms with Crippen molar-refractivity contribution in [3.05, 3.63) is 89.6 Å². The molecule has 1 aromatic heterocycles. The average Bonchev–Trinajstić information content (AvgIpc) is 3.05. The van der Waals surface area contributed by atoms with Crippen LogP contribution in [0.2, 0.25) is 0 Å². The third-order valence-corrected chi connectivity index (χ3v) is 5.18. The molecule has 4 heteroatoms. The number of nitrogens with two attached hydrogens (primary N) is 1. The summed E-state index contributed by atoms with van der Waals surface area (Å²) in [4.78, 5) is 12.0. The number of amides is 1. The number of methoxy groups -OCH3 is 1. The molecule has 4 nitrogen and oxygen atoms in total. The van der Waals surface area contributed by atoms with Crippen molar-refractivity contribution in [3.8, 4) is 17.0 Å². The van der Waals surface area contributed by atoms with E-state index < -0.39 is 5.91 Å². The summed E-state index contributed by atoms with van der Waals surface area (Å²) in [6.07, 6.45) is 0. The number of rotatable bonds is 5. The smallest absolute Gasteiger partial charge is 0.250 e. The van der Waals surface area contributed by atoms with Crippen molar-refractivity contribution in [1.29, 1.82) is 0 Å². The number of aromatic nitrogens is 1. The molecule has 1 amide bonds. The molecule has 0 aliphatic heterocycles. The monoisotopic (exact) mass is 370 g/mol. The van der Waals surface area contributed by atoms with Gasteiger partial charge in [0.25, 0.3) is 5.91 Å². The van der Waals surface area contributed by atoms with Crippen molar-refractivity contribution in [2.45, 2.75) is 13.5 Å². The molecule has 4 aromatic rings. The Morgan fingerprint density at radius 2 is 1.68 bits per heavy atom. The second-order valence-corrected chi connectivity index (χ2v) is 6.89. The Kier molecular flexibility index (Phi) is 4.62. The van der Waals surface area contributed by atoms with Gasteiger partial charge < -0.3 is 15.0 Å². The third-order valence-electron chi connectivity index (χ3n) is 5.18. The van der Waals surface area contributed by atoms with Gasteiger partial charge in [0.05, 0.1) is 12.7 Å². The van der Waals surface area contributed by atoms with Crippen molar-refractivity contribution >= 4 is 16.7 Å². The average molecular weight is 370 g/mol. The highest BCUT2D eigenvalue weighted by atomic mass is 16.5. The van der Waals surface area contributed by atoms with Crippen molar-refractivity contribution in [2.24, 2.45) is 5.73 Å². The first-order valence-corrected chi connectivity index (χ1v) is 9.19. The Morgan fingerprint density at radius 3 is 2.36 bits per heavy atom. The van der Waals surface area contributed by atoms with Gasteiger partial charge in [0.2, 0.25) is 0 Å². The second-order valence-electron chi connectivity index (χ2n) is 6.89. The van der Waals surface area contributed by atoms with E-state index in [1.165, 1.54) is 5.39 Å². The maximum absolute atomic E-state index is 12.0. The number of ether oxygens (including phenoxy) is 1. The van der Waals surface area contributed by atoms with Gasteiger partial charge in [-0.15, -0.1) is 0 Å². The Labute approximate surface area is 164 Å². The van der Waals surface area contributed by atoms with E-state index in [1.54, 1.807) is 7.11 Å². The fraction of sp³-hybridized carbons (Fsp3) is 0.125. The number of carbonyl (C=O) groups is 1. The Bertz CT molecular complexity index is 1160. The molecule has 1 heterocycles. The van der Waals surface area contributed by atoms with Gasteiger partial charge in [0.15, 0.2) is 0 Å². The summed E-state index contributed by atoms with van der Waals surface area (Å²) in [6.45, 7) is 2.58. The molecule has 0 radical (unpaired) electrons. The molecule has 4 rings (SSSR count). The van der Waals surface area contributed by atoms with Gasteiger partial charge in [-0.2, -0.15) is 0 Å². The van der Waals surface area contributed by atoms with Crippen LogP contribution in [0.25, 0.3) is 22.0 Å². The molecule has 0 bridgehead atoms. The summed E-state index contributed by atoms with van der Waals surface area (Å²) >= 11 is 0. The standard InChI is InChI=1S/C24H22N2O2/c1-16-22(24(25)27)14-23(20-10-9-18-5-3-4-6-19(18)13-20)26(16)15-17-7-11-21(28-2)12-8-17/h3-14H,15H2,1-2H3,(H2,25,27). The SMILES string of the molecule is COc1ccc(Cn2c(-c3ccc4ccccc4c3)cc(C(N)=O)c2C)cc1. The molecular formula is C24H22N2O2. The fourth-order valence-corrected chi connectivity index (χ4v) is 3.60. The number of carbonyl (C=O) groups excluding carboxylic acids is 1. The highest BCUT2D eigenvalue weighted by molar-refractivity contribution is 5.96. The van der Waals surface area contributed by atoms with Crippen LogP contribution < -0.4 is 10.5 Å². The predicted octanol–water partition coefficient (Wildman–Crippen LogP) is 4.77. The van der Waals surface area contributed by atoms with Gasteiger partial charge in [0, 0.05) is 17.9 Å². The van der Waals surface area contributed by atoms with Gasteiger partial charge in [-0.1, -0.05) is 48.5 Å². The molecule has 0 atom stereocenters. The number of nitrogens with zero attached hydrogens (tertiary/aromatic N) is 1. The maximum atomic E-state index is 12.0. The largest absolute Gasteiger partial charge is 0.497 e. The van der Waals surface area contributed by atoms with E-state index in [0.29, 0.717) is 12.1 Å². The lowest BCUT2D eigenvalue weighted by atomic mass is 10.0. The van der Waals surface area contributed by atoms with Crippen LogP contribution >= 0.6 is 0 Å². The molecular weight excluding hydrogens is 348 g/mol. The van der Waals surface area contributed by atoms with E-state index in [1.807, 2.05) is 49.4 Å². The van der Waals surface area contributed by atoms with Crippen LogP contribution in [0.15, 0.2) is 72.8 Å². The topological polar surface area (TPSA) is 57.2 Å². The van der Waals surface area contributed by atoms with E-state index in [4.69, 9.17) is 10.5 Å². The minimum atomic E-state index is -0.409. The summed E-state index contributed by atoms with van der Waals surface area (Å²) in [5.74, 6) is 0.411. The predicted molar refractivity (Wildman–Crippen MR) is 113 cm³/mol. The highest BCUT2D eigenvalue weighted by Gasteiger charge is 2.17. The van der Waals surface area contributed by atoms with Gasteiger partial charge >= 0.3 is 0 Å². The van der Waals surface area contributed by atoms with E-state index in [-0.39, 0.29) is 0 Å². The molecule has 0 aliphatic rings. The van der Waals surface area contributed by atoms with E-state index >= 15 is 0 Å². The van der Waals surface area contributed by atoms with Crippen LogP contribution in [-0.4, -0.2) is 17.6 Å². The molecule has 28 heavy (non-hydrogen) atoms. The van der Waals surface area contributed by atoms with Crippen LogP contribution in [-0.2, 0) is 6.54 Å². The van der Waals surface area contributed by atoms with Crippen LogP contribution in [0, 0.1) is 6.92 Å². The fourth-order valence-electron chi connectivity index (χ4n) is 3.60. The summed E-state index contributed by atoms with van der Waals surface area (Å²) in [6, 6.07) is 24.4. The van der Waals surface area contributed by atoms with Crippen molar-refractivity contribution < 1.29 is 9.53 Å². The summed E-state index contributed by atoms with van der Waals surface area (Å²) in [5, 5.41) is 2.35. The highest BCUT2D eigenvalue weighted by Crippen LogP contribution is 2.29. The molecule has 140 valence electrons. The van der Waals surface area contributed by atoms with E-state index in [2.05, 4.69) is 34.9 Å². The zero-order valence-electron chi connectivity index (χ0n) is 16.0. The quantitative estimate of drug-likeness (QED) is 0.550. The minimum Gasteiger partial charge on any atom is -0.497 e. The van der Waals surface area contributed by atoms with Crippen LogP contribution in [0.4, 0.5) is 0 Å². The first kappa shape index (κ1) is 17.9. The molecule has 0 spiro atoms. The first-order valence-electron chi connectivity index (χ1n) is 9.19. The molecule has 0 aliphatic carbocycles. The third kappa shape index (κ3) is 3.25. The zero-order chi connectivity index (χ0) is 19.7. The van der Waals surface area contributed by atoms with Gasteiger partial charge in [0.1, 0.15) is 5.75 Å². The zero-order valence-corrected chi connectivity index (χ0v) is 16.0. The first-order chi connectivity index (χ1) is 13.6. The van der Waals surface area contributed by atoms with E-state index in [9.17, 15) is 4.79 Å². The van der Waals surface area contributed by atoms with Gasteiger partial charge in [-0.05, 0) is 53.1 Å². The second kappa shape index (κ2) is 7.24. The van der Waals surface area contributed by atoms with E-state index in [0.717, 1.165) is 33.7 Å². The number of primary amides is 1. The molecule has 0 fully saturated rings. The molecule has 2 N–H and O–H groups in total. The van der Waals surface area contributed by atoms with Crippen molar-refractivity contribution in [3.63, 3.8) is 0 Å². The van der Waals surface area contributed by atoms with Gasteiger partial charge in [-0.3, -0.25) is 4.79 Å². The summed E-state index contributed by atoms with van der Waals surface area (Å²) in [7, 11) is 1.65. The summed E-state index contributed by atoms with van der Waals surface area (Å²) in [5.41, 5.74) is 10.2. The maximum Gasteiger partial charge on any atom is 0.250 e. The van der Waals surface area contributed by atoms with Gasteiger partial charge in [-0.25, -0.2) is 0 Å². The lowest BCUT2D eigenvalue weighted by molar-refractivity contribution is 0.0999. The molecule has 3 aromatic carbocycles. The molecule has 0 saturated carbocycles. The Hall–Kier alpha value is -3.53. The van der Waals surface area contributed by atoms with Crippen LogP contribution in [0.1, 0.15) is 21.6 Å². The number of benzene rings is 3. The molecule has 0 saturated heterocycles. The number of hydrogen-bond acceptors (Lipinski definition) is 2.